The predicted octanol–water partition coefficient (Wildman–Crippen LogP) is 4.41. The van der Waals surface area contributed by atoms with E-state index in [1.807, 2.05) is 24.3 Å². The van der Waals surface area contributed by atoms with Gasteiger partial charge in [0, 0.05) is 21.7 Å². The molecule has 0 fully saturated rings. The largest absolute Gasteiger partial charge is 0.452 e. The Balaban J connectivity index is 1.70. The average molecular weight is 376 g/mol. The molecule has 0 radical (unpaired) electrons. The summed E-state index contributed by atoms with van der Waals surface area (Å²) in [6, 6.07) is 14.3. The van der Waals surface area contributed by atoms with Crippen LogP contribution in [0.2, 0.25) is 5.02 Å². The maximum atomic E-state index is 12.6. The fourth-order valence-electron chi connectivity index (χ4n) is 2.65. The number of anilines is 1. The van der Waals surface area contributed by atoms with E-state index in [0.29, 0.717) is 22.4 Å². The van der Waals surface area contributed by atoms with Crippen molar-refractivity contribution in [1.29, 1.82) is 0 Å². The summed E-state index contributed by atoms with van der Waals surface area (Å²) in [7, 11) is 0. The van der Waals surface area contributed by atoms with Crippen molar-refractivity contribution in [2.45, 2.75) is 23.5 Å². The summed E-state index contributed by atoms with van der Waals surface area (Å²) in [5.74, 6) is -0.778. The molecule has 1 amide bonds. The van der Waals surface area contributed by atoms with E-state index in [9.17, 15) is 9.59 Å². The molecule has 1 heterocycles. The maximum Gasteiger partial charge on any atom is 0.338 e. The quantitative estimate of drug-likeness (QED) is 0.745. The Morgan fingerprint density at radius 3 is 2.84 bits per heavy atom. The van der Waals surface area contributed by atoms with Gasteiger partial charge in [-0.15, -0.1) is 11.8 Å². The van der Waals surface area contributed by atoms with Crippen LogP contribution in [0.15, 0.2) is 53.4 Å². The van der Waals surface area contributed by atoms with Gasteiger partial charge in [-0.3, -0.25) is 4.79 Å². The summed E-state index contributed by atoms with van der Waals surface area (Å²) in [5, 5.41) is 0.876. The highest BCUT2D eigenvalue weighted by Gasteiger charge is 2.25. The Hall–Kier alpha value is -1.98. The first-order valence-corrected chi connectivity index (χ1v) is 9.29. The SMILES string of the molecule is CC1CCN(C(=O)COC(=O)c2cccc(Cl)c2)c2ccccc2S1. The van der Waals surface area contributed by atoms with Gasteiger partial charge in [0.15, 0.2) is 6.61 Å². The number of para-hydroxylation sites is 1. The number of nitrogens with zero attached hydrogens (tertiary/aromatic N) is 1. The zero-order valence-corrected chi connectivity index (χ0v) is 15.3. The molecule has 0 N–H and O–H groups in total. The van der Waals surface area contributed by atoms with E-state index in [4.69, 9.17) is 16.3 Å². The van der Waals surface area contributed by atoms with E-state index >= 15 is 0 Å². The molecule has 130 valence electrons. The normalized spacial score (nSPS) is 16.7. The first kappa shape index (κ1) is 17.8. The molecule has 0 aliphatic carbocycles. The van der Waals surface area contributed by atoms with Gasteiger partial charge in [-0.05, 0) is 36.8 Å². The monoisotopic (exact) mass is 375 g/mol. The minimum atomic E-state index is -0.554. The Labute approximate surface area is 156 Å². The summed E-state index contributed by atoms with van der Waals surface area (Å²) >= 11 is 7.64. The van der Waals surface area contributed by atoms with Crippen LogP contribution >= 0.6 is 23.4 Å². The van der Waals surface area contributed by atoms with Crippen LogP contribution in [0.4, 0.5) is 5.69 Å². The average Bonchev–Trinajstić information content (AvgIpc) is 2.77. The van der Waals surface area contributed by atoms with Crippen molar-refractivity contribution >= 4 is 40.9 Å². The molecule has 2 aromatic carbocycles. The number of carbonyl (C=O) groups excluding carboxylic acids is 2. The van der Waals surface area contributed by atoms with Gasteiger partial charge in [-0.25, -0.2) is 4.79 Å². The van der Waals surface area contributed by atoms with Gasteiger partial charge >= 0.3 is 5.97 Å². The highest BCUT2D eigenvalue weighted by atomic mass is 35.5. The maximum absolute atomic E-state index is 12.6. The second kappa shape index (κ2) is 7.93. The lowest BCUT2D eigenvalue weighted by Crippen LogP contribution is -2.35. The van der Waals surface area contributed by atoms with Gasteiger partial charge in [0.2, 0.25) is 0 Å². The van der Waals surface area contributed by atoms with Crippen molar-refractivity contribution in [2.75, 3.05) is 18.1 Å². The molecule has 0 aromatic heterocycles. The molecule has 1 unspecified atom stereocenters. The van der Waals surface area contributed by atoms with Gasteiger partial charge in [-0.2, -0.15) is 0 Å². The standard InChI is InChI=1S/C19H18ClNO3S/c1-13-9-10-21(16-7-2-3-8-17(16)25-13)18(22)12-24-19(23)14-5-4-6-15(20)11-14/h2-8,11,13H,9-10,12H2,1H3. The Kier molecular flexibility index (Phi) is 5.66. The first-order chi connectivity index (χ1) is 12.0. The van der Waals surface area contributed by atoms with Crippen LogP contribution in [0.3, 0.4) is 0 Å². The zero-order valence-electron chi connectivity index (χ0n) is 13.8. The molecule has 0 saturated carbocycles. The van der Waals surface area contributed by atoms with E-state index in [1.165, 1.54) is 6.07 Å². The number of rotatable bonds is 3. The third kappa shape index (κ3) is 4.35. The number of esters is 1. The third-order valence-corrected chi connectivity index (χ3v) is 5.40. The lowest BCUT2D eigenvalue weighted by molar-refractivity contribution is -0.121. The molecule has 25 heavy (non-hydrogen) atoms. The van der Waals surface area contributed by atoms with Crippen LogP contribution in [0.25, 0.3) is 0 Å². The highest BCUT2D eigenvalue weighted by Crippen LogP contribution is 2.37. The molecular formula is C19H18ClNO3S. The number of ether oxygens (including phenoxy) is 1. The second-order valence-corrected chi connectivity index (χ2v) is 7.73. The molecule has 4 nitrogen and oxygen atoms in total. The van der Waals surface area contributed by atoms with Gasteiger partial charge in [0.25, 0.3) is 5.91 Å². The third-order valence-electron chi connectivity index (χ3n) is 3.93. The van der Waals surface area contributed by atoms with Gasteiger partial charge in [-0.1, -0.05) is 36.7 Å². The number of amides is 1. The molecular weight excluding hydrogens is 358 g/mol. The van der Waals surface area contributed by atoms with E-state index in [2.05, 4.69) is 6.92 Å². The Morgan fingerprint density at radius 2 is 2.04 bits per heavy atom. The van der Waals surface area contributed by atoms with Crippen molar-refractivity contribution < 1.29 is 14.3 Å². The Morgan fingerprint density at radius 1 is 1.24 bits per heavy atom. The van der Waals surface area contributed by atoms with Gasteiger partial charge in [0.05, 0.1) is 11.3 Å². The van der Waals surface area contributed by atoms with Crippen molar-refractivity contribution in [3.8, 4) is 0 Å². The molecule has 3 rings (SSSR count). The molecule has 1 aliphatic rings. The second-order valence-electron chi connectivity index (χ2n) is 5.82. The van der Waals surface area contributed by atoms with Crippen LogP contribution in [-0.2, 0) is 9.53 Å². The highest BCUT2D eigenvalue weighted by molar-refractivity contribution is 8.00. The van der Waals surface area contributed by atoms with Crippen LogP contribution in [0.1, 0.15) is 23.7 Å². The minimum Gasteiger partial charge on any atom is -0.452 e. The number of benzene rings is 2. The minimum absolute atomic E-state index is 0.225. The molecule has 0 saturated heterocycles. The number of hydrogen-bond donors (Lipinski definition) is 0. The molecule has 2 aromatic rings. The van der Waals surface area contributed by atoms with Crippen molar-refractivity contribution in [3.05, 3.63) is 59.1 Å². The van der Waals surface area contributed by atoms with Crippen LogP contribution < -0.4 is 4.90 Å². The number of halogens is 1. The lowest BCUT2D eigenvalue weighted by Gasteiger charge is -2.22. The summed E-state index contributed by atoms with van der Waals surface area (Å²) in [5.41, 5.74) is 1.21. The Bertz CT molecular complexity index is 796. The van der Waals surface area contributed by atoms with Crippen LogP contribution in [0.5, 0.6) is 0 Å². The topological polar surface area (TPSA) is 46.6 Å². The van der Waals surface area contributed by atoms with E-state index < -0.39 is 5.97 Å². The van der Waals surface area contributed by atoms with E-state index in [1.54, 1.807) is 34.9 Å². The number of fused-ring (bicyclic) bond motifs is 1. The fourth-order valence-corrected chi connectivity index (χ4v) is 3.95. The van der Waals surface area contributed by atoms with Gasteiger partial charge < -0.3 is 9.64 Å². The molecule has 6 heteroatoms. The molecule has 0 bridgehead atoms. The molecule has 1 atom stereocenters. The van der Waals surface area contributed by atoms with Crippen LogP contribution in [0, 0.1) is 0 Å². The summed E-state index contributed by atoms with van der Waals surface area (Å²) in [6.45, 7) is 2.46. The fraction of sp³-hybridized carbons (Fsp3) is 0.263. The number of thioether (sulfide) groups is 1. The van der Waals surface area contributed by atoms with E-state index in [-0.39, 0.29) is 12.5 Å². The molecule has 0 spiro atoms. The van der Waals surface area contributed by atoms with Crippen LogP contribution in [-0.4, -0.2) is 30.3 Å². The smallest absolute Gasteiger partial charge is 0.338 e. The number of hydrogen-bond acceptors (Lipinski definition) is 4. The summed E-state index contributed by atoms with van der Waals surface area (Å²) in [6.07, 6.45) is 0.882. The van der Waals surface area contributed by atoms with Crippen molar-refractivity contribution in [3.63, 3.8) is 0 Å². The zero-order chi connectivity index (χ0) is 17.8. The summed E-state index contributed by atoms with van der Waals surface area (Å²) in [4.78, 5) is 27.5. The number of carbonyl (C=O) groups is 2. The summed E-state index contributed by atoms with van der Waals surface area (Å²) < 4.78 is 5.19. The lowest BCUT2D eigenvalue weighted by atomic mass is 10.2. The molecule has 1 aliphatic heterocycles. The van der Waals surface area contributed by atoms with Crippen molar-refractivity contribution in [1.82, 2.24) is 0 Å². The van der Waals surface area contributed by atoms with Gasteiger partial charge in [0.1, 0.15) is 0 Å². The predicted molar refractivity (Wildman–Crippen MR) is 100 cm³/mol. The van der Waals surface area contributed by atoms with E-state index in [0.717, 1.165) is 17.0 Å². The first-order valence-electron chi connectivity index (χ1n) is 8.03. The van der Waals surface area contributed by atoms with Crippen molar-refractivity contribution in [2.24, 2.45) is 0 Å².